The third-order valence-electron chi connectivity index (χ3n) is 2.02. The SMILES string of the molecule is C=C(C=O)CCCCCCCC. The average Bonchev–Trinajstić information content (AvgIpc) is 2.10. The van der Waals surface area contributed by atoms with Gasteiger partial charge < -0.3 is 0 Å². The fourth-order valence-electron chi connectivity index (χ4n) is 1.19. The molecule has 0 atom stereocenters. The lowest BCUT2D eigenvalue weighted by molar-refractivity contribution is -0.105. The van der Waals surface area contributed by atoms with E-state index in [2.05, 4.69) is 13.5 Å². The molecule has 0 N–H and O–H groups in total. The van der Waals surface area contributed by atoms with Crippen molar-refractivity contribution in [2.45, 2.75) is 51.9 Å². The lowest BCUT2D eigenvalue weighted by Gasteiger charge is -1.99. The molecule has 0 heterocycles. The van der Waals surface area contributed by atoms with Crippen molar-refractivity contribution in [2.75, 3.05) is 0 Å². The fraction of sp³-hybridized carbons (Fsp3) is 0.727. The van der Waals surface area contributed by atoms with E-state index in [-0.39, 0.29) is 0 Å². The molecular formula is C11H20O. The highest BCUT2D eigenvalue weighted by molar-refractivity contribution is 5.71. The van der Waals surface area contributed by atoms with Crippen LogP contribution < -0.4 is 0 Å². The molecule has 0 aromatic heterocycles. The number of rotatable bonds is 8. The van der Waals surface area contributed by atoms with Gasteiger partial charge in [-0.1, -0.05) is 45.6 Å². The summed E-state index contributed by atoms with van der Waals surface area (Å²) in [7, 11) is 0. The molecule has 70 valence electrons. The molecule has 1 heteroatoms. The van der Waals surface area contributed by atoms with Gasteiger partial charge in [-0.15, -0.1) is 0 Å². The van der Waals surface area contributed by atoms with Gasteiger partial charge in [0.2, 0.25) is 0 Å². The number of hydrogen-bond donors (Lipinski definition) is 0. The average molecular weight is 168 g/mol. The molecule has 0 saturated carbocycles. The number of aldehydes is 1. The van der Waals surface area contributed by atoms with Crippen LogP contribution in [0.25, 0.3) is 0 Å². The van der Waals surface area contributed by atoms with Crippen LogP contribution in [0.4, 0.5) is 0 Å². The summed E-state index contributed by atoms with van der Waals surface area (Å²) in [5.74, 6) is 0. The lowest BCUT2D eigenvalue weighted by atomic mass is 10.1. The fourth-order valence-corrected chi connectivity index (χ4v) is 1.19. The second kappa shape index (κ2) is 8.51. The third-order valence-corrected chi connectivity index (χ3v) is 2.02. The molecule has 0 saturated heterocycles. The van der Waals surface area contributed by atoms with Crippen LogP contribution in [-0.2, 0) is 4.79 Å². The van der Waals surface area contributed by atoms with Crippen molar-refractivity contribution in [3.05, 3.63) is 12.2 Å². The highest BCUT2D eigenvalue weighted by Gasteiger charge is 1.92. The van der Waals surface area contributed by atoms with Gasteiger partial charge in [-0.3, -0.25) is 4.79 Å². The van der Waals surface area contributed by atoms with Crippen molar-refractivity contribution in [2.24, 2.45) is 0 Å². The van der Waals surface area contributed by atoms with Gasteiger partial charge in [0.25, 0.3) is 0 Å². The first-order valence-electron chi connectivity index (χ1n) is 4.94. The van der Waals surface area contributed by atoms with Crippen LogP contribution in [0.2, 0.25) is 0 Å². The minimum Gasteiger partial charge on any atom is -0.298 e. The van der Waals surface area contributed by atoms with E-state index in [1.165, 1.54) is 32.1 Å². The summed E-state index contributed by atoms with van der Waals surface area (Å²) in [6.07, 6.45) is 9.40. The lowest BCUT2D eigenvalue weighted by Crippen LogP contribution is -1.83. The van der Waals surface area contributed by atoms with Gasteiger partial charge in [-0.2, -0.15) is 0 Å². The van der Waals surface area contributed by atoms with Crippen molar-refractivity contribution in [1.82, 2.24) is 0 Å². The van der Waals surface area contributed by atoms with Gasteiger partial charge >= 0.3 is 0 Å². The zero-order chi connectivity index (χ0) is 9.23. The highest BCUT2D eigenvalue weighted by atomic mass is 16.1. The molecule has 0 aliphatic carbocycles. The molecule has 12 heavy (non-hydrogen) atoms. The van der Waals surface area contributed by atoms with Gasteiger partial charge in [0.15, 0.2) is 0 Å². The minimum absolute atomic E-state index is 0.741. The molecule has 0 fully saturated rings. The van der Waals surface area contributed by atoms with E-state index >= 15 is 0 Å². The Morgan fingerprint density at radius 2 is 1.75 bits per heavy atom. The summed E-state index contributed by atoms with van der Waals surface area (Å²) >= 11 is 0. The monoisotopic (exact) mass is 168 g/mol. The maximum absolute atomic E-state index is 10.2. The van der Waals surface area contributed by atoms with E-state index < -0.39 is 0 Å². The summed E-state index contributed by atoms with van der Waals surface area (Å²) < 4.78 is 0. The summed E-state index contributed by atoms with van der Waals surface area (Å²) in [4.78, 5) is 10.2. The molecule has 0 bridgehead atoms. The van der Waals surface area contributed by atoms with Crippen molar-refractivity contribution in [3.8, 4) is 0 Å². The summed E-state index contributed by atoms with van der Waals surface area (Å²) in [5.41, 5.74) is 0.741. The first-order valence-corrected chi connectivity index (χ1v) is 4.94. The Kier molecular flexibility index (Phi) is 8.09. The van der Waals surface area contributed by atoms with Crippen LogP contribution in [0.3, 0.4) is 0 Å². The van der Waals surface area contributed by atoms with E-state index in [4.69, 9.17) is 0 Å². The van der Waals surface area contributed by atoms with Crippen LogP contribution in [-0.4, -0.2) is 6.29 Å². The zero-order valence-corrected chi connectivity index (χ0v) is 8.14. The Balaban J connectivity index is 3.00. The summed E-state index contributed by atoms with van der Waals surface area (Å²) in [6, 6.07) is 0. The molecule has 0 aromatic carbocycles. The van der Waals surface area contributed by atoms with Gasteiger partial charge in [-0.25, -0.2) is 0 Å². The maximum Gasteiger partial charge on any atom is 0.145 e. The van der Waals surface area contributed by atoms with Crippen molar-refractivity contribution >= 4 is 6.29 Å². The molecule has 0 amide bonds. The Morgan fingerprint density at radius 1 is 1.17 bits per heavy atom. The van der Waals surface area contributed by atoms with Crippen LogP contribution >= 0.6 is 0 Å². The van der Waals surface area contributed by atoms with Crippen LogP contribution in [0, 0.1) is 0 Å². The summed E-state index contributed by atoms with van der Waals surface area (Å²) in [5, 5.41) is 0. The Hall–Kier alpha value is -0.590. The Labute approximate surface area is 75.9 Å². The van der Waals surface area contributed by atoms with Gasteiger partial charge in [0, 0.05) is 0 Å². The minimum atomic E-state index is 0.741. The Bertz CT molecular complexity index is 127. The van der Waals surface area contributed by atoms with E-state index in [1.54, 1.807) is 0 Å². The molecule has 0 radical (unpaired) electrons. The quantitative estimate of drug-likeness (QED) is 0.308. The van der Waals surface area contributed by atoms with E-state index in [9.17, 15) is 4.79 Å². The molecule has 1 nitrogen and oxygen atoms in total. The smallest absolute Gasteiger partial charge is 0.145 e. The zero-order valence-electron chi connectivity index (χ0n) is 8.14. The second-order valence-electron chi connectivity index (χ2n) is 3.29. The molecule has 0 rings (SSSR count). The van der Waals surface area contributed by atoms with Gasteiger partial charge in [0.05, 0.1) is 0 Å². The van der Waals surface area contributed by atoms with Crippen molar-refractivity contribution in [3.63, 3.8) is 0 Å². The molecule has 0 unspecified atom stereocenters. The number of allylic oxidation sites excluding steroid dienone is 1. The maximum atomic E-state index is 10.2. The predicted molar refractivity (Wildman–Crippen MR) is 53.2 cm³/mol. The van der Waals surface area contributed by atoms with Crippen LogP contribution in [0.1, 0.15) is 51.9 Å². The second-order valence-corrected chi connectivity index (χ2v) is 3.29. The van der Waals surface area contributed by atoms with Crippen molar-refractivity contribution in [1.29, 1.82) is 0 Å². The summed E-state index contributed by atoms with van der Waals surface area (Å²) in [6.45, 7) is 5.86. The standard InChI is InChI=1S/C11H20O/c1-3-4-5-6-7-8-9-11(2)10-12/h10H,2-9H2,1H3. The predicted octanol–water partition coefficient (Wildman–Crippen LogP) is 3.49. The van der Waals surface area contributed by atoms with Crippen LogP contribution in [0.15, 0.2) is 12.2 Å². The first-order chi connectivity index (χ1) is 5.81. The van der Waals surface area contributed by atoms with Crippen LogP contribution in [0.5, 0.6) is 0 Å². The molecular weight excluding hydrogens is 148 g/mol. The number of hydrogen-bond acceptors (Lipinski definition) is 1. The van der Waals surface area contributed by atoms with E-state index in [0.29, 0.717) is 0 Å². The molecule has 0 aliphatic heterocycles. The highest BCUT2D eigenvalue weighted by Crippen LogP contribution is 2.09. The molecule has 0 spiro atoms. The number of carbonyl (C=O) groups excluding carboxylic acids is 1. The normalized spacial score (nSPS) is 9.75. The molecule has 0 aromatic rings. The van der Waals surface area contributed by atoms with E-state index in [0.717, 1.165) is 24.7 Å². The largest absolute Gasteiger partial charge is 0.298 e. The molecule has 0 aliphatic rings. The third kappa shape index (κ3) is 7.52. The number of unbranched alkanes of at least 4 members (excludes halogenated alkanes) is 5. The van der Waals surface area contributed by atoms with Gasteiger partial charge in [-0.05, 0) is 18.4 Å². The number of carbonyl (C=O) groups is 1. The van der Waals surface area contributed by atoms with Crippen molar-refractivity contribution < 1.29 is 4.79 Å². The van der Waals surface area contributed by atoms with E-state index in [1.807, 2.05) is 0 Å². The topological polar surface area (TPSA) is 17.1 Å². The first kappa shape index (κ1) is 11.4. The van der Waals surface area contributed by atoms with Gasteiger partial charge in [0.1, 0.15) is 6.29 Å². The Morgan fingerprint density at radius 3 is 2.33 bits per heavy atom.